The lowest BCUT2D eigenvalue weighted by Crippen LogP contribution is -1.93. The van der Waals surface area contributed by atoms with Gasteiger partial charge in [0.25, 0.3) is 0 Å². The van der Waals surface area contributed by atoms with Crippen molar-refractivity contribution in [2.24, 2.45) is 0 Å². The lowest BCUT2D eigenvalue weighted by molar-refractivity contribution is 0.942. The molecule has 3 rings (SSSR count). The average Bonchev–Trinajstić information content (AvgIpc) is 2.91. The zero-order valence-corrected chi connectivity index (χ0v) is 11.3. The van der Waals surface area contributed by atoms with Gasteiger partial charge in [-0.3, -0.25) is 10.1 Å². The number of halogens is 1. The molecule has 0 radical (unpaired) electrons. The van der Waals surface area contributed by atoms with Crippen molar-refractivity contribution < 1.29 is 0 Å². The van der Waals surface area contributed by atoms with Crippen LogP contribution in [0.1, 0.15) is 11.5 Å². The topological polar surface area (TPSA) is 80.5 Å². The molecule has 0 amide bonds. The summed E-state index contributed by atoms with van der Waals surface area (Å²) in [5.74, 6) is 1.35. The maximum Gasteiger partial charge on any atom is 0.181 e. The summed E-state index contributed by atoms with van der Waals surface area (Å²) in [6.07, 6.45) is 2.36. The predicted octanol–water partition coefficient (Wildman–Crippen LogP) is 2.69. The molecule has 0 saturated carbocycles. The Balaban J connectivity index is 1.84. The zero-order chi connectivity index (χ0) is 13.9. The SMILES string of the molecule is Nc1cc(-c2n[nH]c(Cc3ccccn3)n2)ccc1Cl. The van der Waals surface area contributed by atoms with Crippen LogP contribution < -0.4 is 5.73 Å². The second-order valence-electron chi connectivity index (χ2n) is 4.34. The van der Waals surface area contributed by atoms with E-state index in [1.807, 2.05) is 24.3 Å². The van der Waals surface area contributed by atoms with E-state index in [9.17, 15) is 0 Å². The summed E-state index contributed by atoms with van der Waals surface area (Å²) < 4.78 is 0. The average molecular weight is 286 g/mol. The number of aromatic nitrogens is 4. The van der Waals surface area contributed by atoms with Crippen molar-refractivity contribution in [3.05, 3.63) is 59.1 Å². The van der Waals surface area contributed by atoms with Gasteiger partial charge in [-0.05, 0) is 30.3 Å². The number of nitrogens with one attached hydrogen (secondary N) is 1. The smallest absolute Gasteiger partial charge is 0.181 e. The Morgan fingerprint density at radius 1 is 1.20 bits per heavy atom. The van der Waals surface area contributed by atoms with Gasteiger partial charge in [-0.1, -0.05) is 17.7 Å². The number of hydrogen-bond acceptors (Lipinski definition) is 4. The number of nitrogens with two attached hydrogens (primary N) is 1. The summed E-state index contributed by atoms with van der Waals surface area (Å²) in [5, 5.41) is 7.63. The van der Waals surface area contributed by atoms with Gasteiger partial charge in [0.2, 0.25) is 0 Å². The summed E-state index contributed by atoms with van der Waals surface area (Å²) in [4.78, 5) is 8.70. The highest BCUT2D eigenvalue weighted by molar-refractivity contribution is 6.33. The molecule has 5 nitrogen and oxygen atoms in total. The number of benzene rings is 1. The van der Waals surface area contributed by atoms with Gasteiger partial charge in [-0.2, -0.15) is 5.10 Å². The number of nitrogen functional groups attached to an aromatic ring is 1. The Morgan fingerprint density at radius 2 is 2.10 bits per heavy atom. The largest absolute Gasteiger partial charge is 0.398 e. The molecule has 1 aromatic carbocycles. The molecule has 0 aliphatic heterocycles. The summed E-state index contributed by atoms with van der Waals surface area (Å²) in [7, 11) is 0. The Labute approximate surface area is 120 Å². The molecule has 0 saturated heterocycles. The minimum atomic E-state index is 0.514. The van der Waals surface area contributed by atoms with E-state index in [0.29, 0.717) is 23.0 Å². The van der Waals surface area contributed by atoms with Gasteiger partial charge in [0.1, 0.15) is 5.82 Å². The van der Waals surface area contributed by atoms with Crippen LogP contribution >= 0.6 is 11.6 Å². The fourth-order valence-electron chi connectivity index (χ4n) is 1.86. The second-order valence-corrected chi connectivity index (χ2v) is 4.75. The molecule has 0 spiro atoms. The van der Waals surface area contributed by atoms with Crippen molar-refractivity contribution in [1.29, 1.82) is 0 Å². The van der Waals surface area contributed by atoms with E-state index in [2.05, 4.69) is 20.2 Å². The van der Waals surface area contributed by atoms with Crippen LogP contribution in [0.15, 0.2) is 42.6 Å². The minimum Gasteiger partial charge on any atom is -0.398 e. The van der Waals surface area contributed by atoms with Crippen LogP contribution in [0.2, 0.25) is 5.02 Å². The predicted molar refractivity (Wildman–Crippen MR) is 78.3 cm³/mol. The molecule has 0 atom stereocenters. The van der Waals surface area contributed by atoms with Crippen molar-refractivity contribution in [2.75, 3.05) is 5.73 Å². The third-order valence-electron chi connectivity index (χ3n) is 2.86. The van der Waals surface area contributed by atoms with Gasteiger partial charge in [0.15, 0.2) is 5.82 Å². The molecule has 3 aromatic rings. The molecule has 20 heavy (non-hydrogen) atoms. The third-order valence-corrected chi connectivity index (χ3v) is 3.20. The standard InChI is InChI=1S/C14H12ClN5/c15-11-5-4-9(7-12(11)16)14-18-13(19-20-14)8-10-3-1-2-6-17-10/h1-7H,8,16H2,(H,18,19,20). The highest BCUT2D eigenvalue weighted by Gasteiger charge is 2.08. The van der Waals surface area contributed by atoms with E-state index in [0.717, 1.165) is 17.1 Å². The Hall–Kier alpha value is -2.40. The first-order valence-corrected chi connectivity index (χ1v) is 6.47. The van der Waals surface area contributed by atoms with Gasteiger partial charge in [-0.15, -0.1) is 0 Å². The van der Waals surface area contributed by atoms with Crippen LogP contribution in [0, 0.1) is 0 Å². The van der Waals surface area contributed by atoms with Crippen molar-refractivity contribution in [2.45, 2.75) is 6.42 Å². The lowest BCUT2D eigenvalue weighted by Gasteiger charge is -1.99. The molecular weight excluding hydrogens is 274 g/mol. The van der Waals surface area contributed by atoms with Gasteiger partial charge in [0.05, 0.1) is 10.7 Å². The molecule has 2 aromatic heterocycles. The van der Waals surface area contributed by atoms with Crippen LogP contribution in [-0.4, -0.2) is 20.2 Å². The van der Waals surface area contributed by atoms with Crippen LogP contribution in [0.5, 0.6) is 0 Å². The fraction of sp³-hybridized carbons (Fsp3) is 0.0714. The van der Waals surface area contributed by atoms with Crippen molar-refractivity contribution in [3.8, 4) is 11.4 Å². The van der Waals surface area contributed by atoms with E-state index in [-0.39, 0.29) is 0 Å². The summed E-state index contributed by atoms with van der Waals surface area (Å²) in [6.45, 7) is 0. The maximum absolute atomic E-state index is 5.90. The Bertz CT molecular complexity index is 723. The zero-order valence-electron chi connectivity index (χ0n) is 10.5. The molecule has 6 heteroatoms. The molecule has 0 aliphatic rings. The highest BCUT2D eigenvalue weighted by Crippen LogP contribution is 2.24. The van der Waals surface area contributed by atoms with Crippen LogP contribution in [0.3, 0.4) is 0 Å². The van der Waals surface area contributed by atoms with Crippen LogP contribution in [0.4, 0.5) is 5.69 Å². The summed E-state index contributed by atoms with van der Waals surface area (Å²) in [6, 6.07) is 11.1. The van der Waals surface area contributed by atoms with Gasteiger partial charge >= 0.3 is 0 Å². The Kier molecular flexibility index (Phi) is 3.35. The van der Waals surface area contributed by atoms with E-state index in [4.69, 9.17) is 17.3 Å². The number of nitrogens with zero attached hydrogens (tertiary/aromatic N) is 3. The molecule has 0 fully saturated rings. The fourth-order valence-corrected chi connectivity index (χ4v) is 1.98. The molecule has 2 heterocycles. The van der Waals surface area contributed by atoms with E-state index >= 15 is 0 Å². The lowest BCUT2D eigenvalue weighted by atomic mass is 10.2. The number of pyridine rings is 1. The van der Waals surface area contributed by atoms with Gasteiger partial charge in [-0.25, -0.2) is 4.98 Å². The van der Waals surface area contributed by atoms with Crippen molar-refractivity contribution >= 4 is 17.3 Å². The third kappa shape index (κ3) is 2.62. The minimum absolute atomic E-state index is 0.514. The van der Waals surface area contributed by atoms with Gasteiger partial charge in [0, 0.05) is 23.9 Å². The second kappa shape index (κ2) is 5.30. The summed E-state index contributed by atoms with van der Waals surface area (Å²) in [5.41, 5.74) is 8.06. The van der Waals surface area contributed by atoms with Crippen LogP contribution in [0.25, 0.3) is 11.4 Å². The summed E-state index contributed by atoms with van der Waals surface area (Å²) >= 11 is 5.90. The Morgan fingerprint density at radius 3 is 2.85 bits per heavy atom. The number of hydrogen-bond donors (Lipinski definition) is 2. The number of rotatable bonds is 3. The first-order valence-electron chi connectivity index (χ1n) is 6.09. The monoisotopic (exact) mass is 285 g/mol. The first-order chi connectivity index (χ1) is 9.72. The first kappa shape index (κ1) is 12.6. The molecular formula is C14H12ClN5. The molecule has 100 valence electrons. The number of aromatic amines is 1. The van der Waals surface area contributed by atoms with E-state index in [1.165, 1.54) is 0 Å². The number of H-pyrrole nitrogens is 1. The number of anilines is 1. The molecule has 3 N–H and O–H groups in total. The van der Waals surface area contributed by atoms with Gasteiger partial charge < -0.3 is 5.73 Å². The normalized spacial score (nSPS) is 10.7. The maximum atomic E-state index is 5.90. The van der Waals surface area contributed by atoms with Crippen LogP contribution in [-0.2, 0) is 6.42 Å². The molecule has 0 unspecified atom stereocenters. The molecule has 0 bridgehead atoms. The van der Waals surface area contributed by atoms with Crippen molar-refractivity contribution in [3.63, 3.8) is 0 Å². The molecule has 0 aliphatic carbocycles. The highest BCUT2D eigenvalue weighted by atomic mass is 35.5. The quantitative estimate of drug-likeness (QED) is 0.725. The van der Waals surface area contributed by atoms with E-state index in [1.54, 1.807) is 18.3 Å². The van der Waals surface area contributed by atoms with Crippen molar-refractivity contribution in [1.82, 2.24) is 20.2 Å². The van der Waals surface area contributed by atoms with E-state index < -0.39 is 0 Å².